The van der Waals surface area contributed by atoms with Gasteiger partial charge in [-0.25, -0.2) is 4.98 Å². The first-order chi connectivity index (χ1) is 8.25. The first-order valence-corrected chi connectivity index (χ1v) is 6.47. The molecule has 4 heteroatoms. The molecular weight excluding hydrogens is 216 g/mol. The molecule has 0 saturated heterocycles. The van der Waals surface area contributed by atoms with Crippen LogP contribution < -0.4 is 5.32 Å². The number of nitrogens with one attached hydrogen (secondary N) is 1. The number of hydrogen-bond acceptors (Lipinski definition) is 4. The fraction of sp³-hybridized carbons (Fsp3) is 0.769. The van der Waals surface area contributed by atoms with Crippen LogP contribution in [0.15, 0.2) is 4.42 Å². The maximum atomic E-state index is 5.55. The van der Waals surface area contributed by atoms with Crippen LogP contribution in [0.2, 0.25) is 0 Å². The zero-order chi connectivity index (χ0) is 12.1. The zero-order valence-corrected chi connectivity index (χ0v) is 10.8. The Labute approximate surface area is 103 Å². The van der Waals surface area contributed by atoms with Crippen molar-refractivity contribution < 1.29 is 9.15 Å². The molecule has 0 radical (unpaired) electrons. The number of aromatic nitrogens is 1. The molecule has 1 fully saturated rings. The number of rotatable bonds is 8. The van der Waals surface area contributed by atoms with Gasteiger partial charge in [-0.3, -0.25) is 0 Å². The Hall–Kier alpha value is -0.870. The normalized spacial score (nSPS) is 15.4. The highest BCUT2D eigenvalue weighted by molar-refractivity contribution is 5.04. The second kappa shape index (κ2) is 6.17. The van der Waals surface area contributed by atoms with E-state index in [4.69, 9.17) is 9.15 Å². The maximum Gasteiger partial charge on any atom is 0.208 e. The predicted molar refractivity (Wildman–Crippen MR) is 65.8 cm³/mol. The van der Waals surface area contributed by atoms with Gasteiger partial charge in [0.1, 0.15) is 5.76 Å². The lowest BCUT2D eigenvalue weighted by Gasteiger charge is -2.03. The summed E-state index contributed by atoms with van der Waals surface area (Å²) in [6, 6.07) is 0. The van der Waals surface area contributed by atoms with E-state index in [2.05, 4.69) is 10.3 Å². The van der Waals surface area contributed by atoms with Crippen molar-refractivity contribution in [3.05, 3.63) is 17.3 Å². The van der Waals surface area contributed by atoms with E-state index in [1.54, 1.807) is 0 Å². The lowest BCUT2D eigenvalue weighted by molar-refractivity contribution is 0.122. The average Bonchev–Trinajstić information content (AvgIpc) is 3.06. The van der Waals surface area contributed by atoms with Crippen molar-refractivity contribution in [2.75, 3.05) is 19.8 Å². The molecule has 0 atom stereocenters. The van der Waals surface area contributed by atoms with Crippen molar-refractivity contribution >= 4 is 0 Å². The molecule has 1 aromatic heterocycles. The SMILES string of the molecule is Cc1nc(CNCCCOCC2CC2)oc1C. The second-order valence-electron chi connectivity index (χ2n) is 4.80. The molecule has 0 unspecified atom stereocenters. The van der Waals surface area contributed by atoms with Crippen LogP contribution in [0.5, 0.6) is 0 Å². The fourth-order valence-electron chi connectivity index (χ4n) is 1.64. The summed E-state index contributed by atoms with van der Waals surface area (Å²) in [5.74, 6) is 2.55. The fourth-order valence-corrected chi connectivity index (χ4v) is 1.64. The molecule has 17 heavy (non-hydrogen) atoms. The van der Waals surface area contributed by atoms with Crippen molar-refractivity contribution in [2.45, 2.75) is 39.7 Å². The first kappa shape index (κ1) is 12.6. The second-order valence-corrected chi connectivity index (χ2v) is 4.80. The highest BCUT2D eigenvalue weighted by Crippen LogP contribution is 2.28. The van der Waals surface area contributed by atoms with Gasteiger partial charge >= 0.3 is 0 Å². The van der Waals surface area contributed by atoms with Crippen LogP contribution in [-0.2, 0) is 11.3 Å². The van der Waals surface area contributed by atoms with Gasteiger partial charge in [-0.05, 0) is 45.6 Å². The summed E-state index contributed by atoms with van der Waals surface area (Å²) in [5.41, 5.74) is 0.981. The van der Waals surface area contributed by atoms with Crippen LogP contribution >= 0.6 is 0 Å². The van der Waals surface area contributed by atoms with E-state index < -0.39 is 0 Å². The summed E-state index contributed by atoms with van der Waals surface area (Å²) in [4.78, 5) is 4.32. The Balaban J connectivity index is 1.47. The van der Waals surface area contributed by atoms with E-state index >= 15 is 0 Å². The summed E-state index contributed by atoms with van der Waals surface area (Å²) in [6.07, 6.45) is 3.77. The van der Waals surface area contributed by atoms with E-state index in [0.29, 0.717) is 6.54 Å². The van der Waals surface area contributed by atoms with Gasteiger partial charge in [-0.2, -0.15) is 0 Å². The molecule has 1 aliphatic rings. The Kier molecular flexibility index (Phi) is 4.57. The zero-order valence-electron chi connectivity index (χ0n) is 10.8. The third kappa shape index (κ3) is 4.48. The Morgan fingerprint density at radius 3 is 2.88 bits per heavy atom. The number of hydrogen-bond donors (Lipinski definition) is 1. The minimum atomic E-state index is 0.706. The lowest BCUT2D eigenvalue weighted by Crippen LogP contribution is -2.16. The Morgan fingerprint density at radius 1 is 1.41 bits per heavy atom. The highest BCUT2D eigenvalue weighted by atomic mass is 16.5. The topological polar surface area (TPSA) is 47.3 Å². The molecule has 1 aliphatic carbocycles. The lowest BCUT2D eigenvalue weighted by atomic mass is 10.4. The van der Waals surface area contributed by atoms with Gasteiger partial charge < -0.3 is 14.5 Å². The van der Waals surface area contributed by atoms with Crippen molar-refractivity contribution in [1.82, 2.24) is 10.3 Å². The van der Waals surface area contributed by atoms with Gasteiger partial charge in [0.05, 0.1) is 12.2 Å². The minimum absolute atomic E-state index is 0.706. The molecule has 96 valence electrons. The molecule has 4 nitrogen and oxygen atoms in total. The molecule has 1 aromatic rings. The Bertz CT molecular complexity index is 326. The summed E-state index contributed by atoms with van der Waals surface area (Å²) < 4.78 is 11.0. The van der Waals surface area contributed by atoms with E-state index in [9.17, 15) is 0 Å². The van der Waals surface area contributed by atoms with Crippen LogP contribution in [0.3, 0.4) is 0 Å². The monoisotopic (exact) mass is 238 g/mol. The number of nitrogens with zero attached hydrogens (tertiary/aromatic N) is 1. The molecule has 2 rings (SSSR count). The van der Waals surface area contributed by atoms with E-state index in [0.717, 1.165) is 49.4 Å². The van der Waals surface area contributed by atoms with Crippen LogP contribution in [0.1, 0.15) is 36.6 Å². The van der Waals surface area contributed by atoms with Crippen molar-refractivity contribution in [2.24, 2.45) is 5.92 Å². The van der Waals surface area contributed by atoms with Gasteiger partial charge in [-0.1, -0.05) is 0 Å². The molecule has 0 aromatic carbocycles. The summed E-state index contributed by atoms with van der Waals surface area (Å²) in [7, 11) is 0. The van der Waals surface area contributed by atoms with E-state index in [1.807, 2.05) is 13.8 Å². The predicted octanol–water partition coefficient (Wildman–Crippen LogP) is 2.20. The standard InChI is InChI=1S/C13H22N2O2/c1-10-11(2)17-13(15-10)8-14-6-3-7-16-9-12-4-5-12/h12,14H,3-9H2,1-2H3. The average molecular weight is 238 g/mol. The summed E-state index contributed by atoms with van der Waals surface area (Å²) in [5, 5.41) is 3.31. The van der Waals surface area contributed by atoms with Gasteiger partial charge in [-0.15, -0.1) is 0 Å². The molecule has 1 heterocycles. The summed E-state index contributed by atoms with van der Waals surface area (Å²) >= 11 is 0. The van der Waals surface area contributed by atoms with E-state index in [-0.39, 0.29) is 0 Å². The number of oxazole rings is 1. The largest absolute Gasteiger partial charge is 0.444 e. The van der Waals surface area contributed by atoms with Crippen LogP contribution in [0.25, 0.3) is 0 Å². The maximum absolute atomic E-state index is 5.55. The highest BCUT2D eigenvalue weighted by Gasteiger charge is 2.20. The van der Waals surface area contributed by atoms with Gasteiger partial charge in [0.15, 0.2) is 0 Å². The van der Waals surface area contributed by atoms with Crippen molar-refractivity contribution in [1.29, 1.82) is 0 Å². The molecule has 1 N–H and O–H groups in total. The molecule has 0 amide bonds. The van der Waals surface area contributed by atoms with Gasteiger partial charge in [0.2, 0.25) is 5.89 Å². The van der Waals surface area contributed by atoms with Crippen molar-refractivity contribution in [3.63, 3.8) is 0 Å². The van der Waals surface area contributed by atoms with Crippen LogP contribution in [0, 0.1) is 19.8 Å². The molecule has 0 bridgehead atoms. The van der Waals surface area contributed by atoms with Crippen molar-refractivity contribution in [3.8, 4) is 0 Å². The van der Waals surface area contributed by atoms with Gasteiger partial charge in [0, 0.05) is 13.2 Å². The van der Waals surface area contributed by atoms with Gasteiger partial charge in [0.25, 0.3) is 0 Å². The molecule has 0 aliphatic heterocycles. The van der Waals surface area contributed by atoms with Crippen LogP contribution in [-0.4, -0.2) is 24.7 Å². The summed E-state index contributed by atoms with van der Waals surface area (Å²) in [6.45, 7) is 7.37. The third-order valence-corrected chi connectivity index (χ3v) is 3.04. The third-order valence-electron chi connectivity index (χ3n) is 3.04. The van der Waals surface area contributed by atoms with E-state index in [1.165, 1.54) is 12.8 Å². The molecule has 0 spiro atoms. The minimum Gasteiger partial charge on any atom is -0.444 e. The Morgan fingerprint density at radius 2 is 2.24 bits per heavy atom. The molecular formula is C13H22N2O2. The number of aryl methyl sites for hydroxylation is 2. The first-order valence-electron chi connectivity index (χ1n) is 6.47. The smallest absolute Gasteiger partial charge is 0.208 e. The van der Waals surface area contributed by atoms with Crippen LogP contribution in [0.4, 0.5) is 0 Å². The number of ether oxygens (including phenoxy) is 1. The molecule has 1 saturated carbocycles. The quantitative estimate of drug-likeness (QED) is 0.705.